The van der Waals surface area contributed by atoms with E-state index in [0.717, 1.165) is 16.7 Å². The van der Waals surface area contributed by atoms with Crippen LogP contribution in [0.2, 0.25) is 0 Å². The van der Waals surface area contributed by atoms with Crippen LogP contribution >= 0.6 is 11.3 Å². The minimum atomic E-state index is -4.47. The molecule has 1 heterocycles. The lowest BCUT2D eigenvalue weighted by molar-refractivity contribution is -0.140. The van der Waals surface area contributed by atoms with E-state index in [1.807, 2.05) is 20.8 Å². The van der Waals surface area contributed by atoms with Crippen molar-refractivity contribution in [3.63, 3.8) is 0 Å². The van der Waals surface area contributed by atoms with Crippen molar-refractivity contribution in [2.24, 2.45) is 11.1 Å². The number of hydrogen-bond donors (Lipinski definition) is 2. The molecule has 1 rings (SSSR count). The molecule has 0 saturated carbocycles. The van der Waals surface area contributed by atoms with Crippen molar-refractivity contribution >= 4 is 17.2 Å². The van der Waals surface area contributed by atoms with E-state index < -0.39 is 35.3 Å². The molecule has 0 aliphatic rings. The number of rotatable bonds is 4. The van der Waals surface area contributed by atoms with Crippen LogP contribution in [0.3, 0.4) is 0 Å². The van der Waals surface area contributed by atoms with E-state index in [1.54, 1.807) is 6.92 Å². The van der Waals surface area contributed by atoms with Crippen LogP contribution in [0.1, 0.15) is 50.9 Å². The largest absolute Gasteiger partial charge is 0.434 e. The Morgan fingerprint density at radius 2 is 2.00 bits per heavy atom. The number of nitrogens with two attached hydrogens (primary N) is 1. The first-order chi connectivity index (χ1) is 9.46. The Labute approximate surface area is 125 Å². The molecule has 0 aliphatic carbocycles. The molecule has 0 radical (unpaired) electrons. The first-order valence-corrected chi connectivity index (χ1v) is 7.43. The average molecular weight is 323 g/mol. The lowest BCUT2D eigenvalue weighted by Crippen LogP contribution is -2.49. The Morgan fingerprint density at radius 3 is 2.38 bits per heavy atom. The van der Waals surface area contributed by atoms with Gasteiger partial charge in [0, 0.05) is 5.38 Å². The van der Waals surface area contributed by atoms with Gasteiger partial charge in [-0.2, -0.15) is 13.2 Å². The zero-order valence-electron chi connectivity index (χ0n) is 12.4. The topological polar surface area (TPSA) is 68.0 Å². The number of aromatic nitrogens is 1. The Kier molecular flexibility index (Phi) is 5.38. The van der Waals surface area contributed by atoms with Crippen LogP contribution < -0.4 is 11.1 Å². The lowest BCUT2D eigenvalue weighted by atomic mass is 9.87. The van der Waals surface area contributed by atoms with Gasteiger partial charge in [-0.05, 0) is 11.8 Å². The molecular formula is C13H20F3N3OS. The van der Waals surface area contributed by atoms with Crippen molar-refractivity contribution in [2.45, 2.75) is 52.4 Å². The number of alkyl halides is 3. The summed E-state index contributed by atoms with van der Waals surface area (Å²) in [6.07, 6.45) is -4.04. The summed E-state index contributed by atoms with van der Waals surface area (Å²) in [6, 6.07) is -1.31. The predicted molar refractivity (Wildman–Crippen MR) is 75.7 cm³/mol. The fraction of sp³-hybridized carbons (Fsp3) is 0.692. The van der Waals surface area contributed by atoms with Gasteiger partial charge in [-0.15, -0.1) is 11.3 Å². The Bertz CT molecular complexity index is 494. The van der Waals surface area contributed by atoms with Crippen LogP contribution in [0, 0.1) is 5.41 Å². The van der Waals surface area contributed by atoms with Gasteiger partial charge in [-0.1, -0.05) is 27.7 Å². The molecule has 0 saturated heterocycles. The molecule has 1 unspecified atom stereocenters. The predicted octanol–water partition coefficient (Wildman–Crippen LogP) is 3.10. The van der Waals surface area contributed by atoms with E-state index in [1.165, 1.54) is 0 Å². The summed E-state index contributed by atoms with van der Waals surface area (Å²) < 4.78 is 37.7. The van der Waals surface area contributed by atoms with Gasteiger partial charge in [0.15, 0.2) is 5.69 Å². The van der Waals surface area contributed by atoms with Crippen LogP contribution in [-0.2, 0) is 11.0 Å². The number of nitrogens with zero attached hydrogens (tertiary/aromatic N) is 1. The zero-order chi connectivity index (χ0) is 16.4. The Morgan fingerprint density at radius 1 is 1.43 bits per heavy atom. The van der Waals surface area contributed by atoms with E-state index in [2.05, 4.69) is 10.3 Å². The molecule has 8 heteroatoms. The summed E-state index contributed by atoms with van der Waals surface area (Å²) in [5.74, 6) is -0.391. The van der Waals surface area contributed by atoms with Crippen LogP contribution in [0.4, 0.5) is 13.2 Å². The van der Waals surface area contributed by atoms with E-state index >= 15 is 0 Å². The van der Waals surface area contributed by atoms with Crippen LogP contribution in [0.15, 0.2) is 5.38 Å². The lowest BCUT2D eigenvalue weighted by Gasteiger charge is -2.27. The Balaban J connectivity index is 2.85. The van der Waals surface area contributed by atoms with Gasteiger partial charge in [-0.3, -0.25) is 4.79 Å². The minimum absolute atomic E-state index is 0.235. The fourth-order valence-electron chi connectivity index (χ4n) is 1.57. The third kappa shape index (κ3) is 4.67. The van der Waals surface area contributed by atoms with Crippen molar-refractivity contribution in [1.82, 2.24) is 10.3 Å². The van der Waals surface area contributed by atoms with Crippen molar-refractivity contribution in [2.75, 3.05) is 0 Å². The standard InChI is InChI=1S/C13H20F3N3OS/c1-5-7(18-10(20)9(17)12(2,3)4)11-19-8(6-21-11)13(14,15)16/h6-7,9H,5,17H2,1-4H3,(H,18,20)/t7?,9-/m1/s1. The molecule has 1 amide bonds. The number of nitrogens with one attached hydrogen (secondary N) is 1. The smallest absolute Gasteiger partial charge is 0.346 e. The van der Waals surface area contributed by atoms with Crippen LogP contribution in [0.5, 0.6) is 0 Å². The van der Waals surface area contributed by atoms with Gasteiger partial charge in [-0.25, -0.2) is 4.98 Å². The second-order valence-corrected chi connectivity index (χ2v) is 6.77. The molecule has 0 aliphatic heterocycles. The monoisotopic (exact) mass is 323 g/mol. The first kappa shape index (κ1) is 17.9. The molecule has 2 atom stereocenters. The van der Waals surface area contributed by atoms with E-state index in [4.69, 9.17) is 5.73 Å². The second-order valence-electron chi connectivity index (χ2n) is 5.88. The summed E-state index contributed by atoms with van der Waals surface area (Å²) in [6.45, 7) is 7.23. The molecular weight excluding hydrogens is 303 g/mol. The highest BCUT2D eigenvalue weighted by Gasteiger charge is 2.35. The fourth-order valence-corrected chi connectivity index (χ4v) is 2.53. The number of amides is 1. The molecule has 4 nitrogen and oxygen atoms in total. The average Bonchev–Trinajstić information content (AvgIpc) is 2.82. The van der Waals surface area contributed by atoms with E-state index in [0.29, 0.717) is 6.42 Å². The maximum atomic E-state index is 12.6. The first-order valence-electron chi connectivity index (χ1n) is 6.55. The summed E-state index contributed by atoms with van der Waals surface area (Å²) in [7, 11) is 0. The van der Waals surface area contributed by atoms with Crippen molar-refractivity contribution < 1.29 is 18.0 Å². The molecule has 0 bridgehead atoms. The number of carbonyl (C=O) groups excluding carboxylic acids is 1. The summed E-state index contributed by atoms with van der Waals surface area (Å²) in [5, 5.41) is 3.86. The van der Waals surface area contributed by atoms with Gasteiger partial charge in [0.25, 0.3) is 0 Å². The molecule has 1 aromatic heterocycles. The van der Waals surface area contributed by atoms with Gasteiger partial charge >= 0.3 is 6.18 Å². The molecule has 3 N–H and O–H groups in total. The van der Waals surface area contributed by atoms with Gasteiger partial charge in [0.1, 0.15) is 5.01 Å². The molecule has 120 valence electrons. The third-order valence-electron chi connectivity index (χ3n) is 3.05. The maximum absolute atomic E-state index is 12.6. The summed E-state index contributed by atoms with van der Waals surface area (Å²) >= 11 is 0.884. The highest BCUT2D eigenvalue weighted by Crippen LogP contribution is 2.32. The number of carbonyl (C=O) groups is 1. The number of hydrogen-bond acceptors (Lipinski definition) is 4. The molecule has 1 aromatic rings. The van der Waals surface area contributed by atoms with Gasteiger partial charge in [0.05, 0.1) is 12.1 Å². The number of halogens is 3. The highest BCUT2D eigenvalue weighted by molar-refractivity contribution is 7.09. The SMILES string of the molecule is CCC(NC(=O)[C@@H](N)C(C)(C)C)c1nc(C(F)(F)F)cs1. The van der Waals surface area contributed by atoms with E-state index in [9.17, 15) is 18.0 Å². The van der Waals surface area contributed by atoms with Crippen molar-refractivity contribution in [3.05, 3.63) is 16.1 Å². The zero-order valence-corrected chi connectivity index (χ0v) is 13.2. The molecule has 0 aromatic carbocycles. The van der Waals surface area contributed by atoms with Gasteiger partial charge in [0.2, 0.25) is 5.91 Å². The molecule has 21 heavy (non-hydrogen) atoms. The van der Waals surface area contributed by atoms with Crippen LogP contribution in [0.25, 0.3) is 0 Å². The number of thiazole rings is 1. The quantitative estimate of drug-likeness (QED) is 0.894. The normalized spacial score (nSPS) is 15.6. The van der Waals surface area contributed by atoms with Crippen molar-refractivity contribution in [3.8, 4) is 0 Å². The molecule has 0 spiro atoms. The molecule has 0 fully saturated rings. The van der Waals surface area contributed by atoms with E-state index in [-0.39, 0.29) is 5.01 Å². The Hall–Kier alpha value is -1.15. The maximum Gasteiger partial charge on any atom is 0.434 e. The second kappa shape index (κ2) is 6.31. The van der Waals surface area contributed by atoms with Gasteiger partial charge < -0.3 is 11.1 Å². The minimum Gasteiger partial charge on any atom is -0.346 e. The van der Waals surface area contributed by atoms with Crippen molar-refractivity contribution in [1.29, 1.82) is 0 Å². The third-order valence-corrected chi connectivity index (χ3v) is 4.01. The highest BCUT2D eigenvalue weighted by atomic mass is 32.1. The summed E-state index contributed by atoms with van der Waals surface area (Å²) in [5.41, 5.74) is 4.48. The summed E-state index contributed by atoms with van der Waals surface area (Å²) in [4.78, 5) is 15.6. The van der Waals surface area contributed by atoms with Crippen LogP contribution in [-0.4, -0.2) is 16.9 Å².